The number of urea groups is 1. The van der Waals surface area contributed by atoms with Gasteiger partial charge in [-0.05, 0) is 25.7 Å². The number of hydrogen-bond acceptors (Lipinski definition) is 3. The third kappa shape index (κ3) is 5.53. The van der Waals surface area contributed by atoms with Crippen LogP contribution in [0.25, 0.3) is 0 Å². The highest BCUT2D eigenvalue weighted by Crippen LogP contribution is 2.22. The zero-order valence-electron chi connectivity index (χ0n) is 10.1. The second-order valence-electron chi connectivity index (χ2n) is 4.28. The Morgan fingerprint density at radius 1 is 1.35 bits per heavy atom. The molecule has 0 aromatic heterocycles. The first-order chi connectivity index (χ1) is 8.11. The van der Waals surface area contributed by atoms with Crippen LogP contribution < -0.4 is 10.6 Å². The fraction of sp³-hybridized carbons (Fsp3) is 0.818. The van der Waals surface area contributed by atoms with E-state index in [0.717, 1.165) is 12.8 Å². The summed E-state index contributed by atoms with van der Waals surface area (Å²) in [4.78, 5) is 21.6. The number of ether oxygens (including phenoxy) is 1. The summed E-state index contributed by atoms with van der Waals surface area (Å²) in [5.74, 6) is -0.797. The molecule has 6 nitrogen and oxygen atoms in total. The van der Waals surface area contributed by atoms with Crippen LogP contribution in [-0.4, -0.2) is 42.9 Å². The fourth-order valence-electron chi connectivity index (χ4n) is 1.72. The Morgan fingerprint density at radius 3 is 2.65 bits per heavy atom. The largest absolute Gasteiger partial charge is 0.481 e. The van der Waals surface area contributed by atoms with Gasteiger partial charge in [-0.1, -0.05) is 0 Å². The van der Waals surface area contributed by atoms with E-state index in [4.69, 9.17) is 9.84 Å². The highest BCUT2D eigenvalue weighted by atomic mass is 16.5. The van der Waals surface area contributed by atoms with E-state index in [1.807, 2.05) is 0 Å². The first kappa shape index (κ1) is 13.8. The average molecular weight is 244 g/mol. The second-order valence-corrected chi connectivity index (χ2v) is 4.28. The van der Waals surface area contributed by atoms with Gasteiger partial charge in [0.2, 0.25) is 0 Å². The minimum absolute atomic E-state index is 0.154. The third-order valence-electron chi connectivity index (χ3n) is 2.87. The van der Waals surface area contributed by atoms with E-state index in [1.54, 1.807) is 7.11 Å². The predicted molar refractivity (Wildman–Crippen MR) is 61.8 cm³/mol. The van der Waals surface area contributed by atoms with Crippen LogP contribution in [-0.2, 0) is 9.53 Å². The van der Waals surface area contributed by atoms with E-state index in [1.165, 1.54) is 0 Å². The molecule has 6 heteroatoms. The van der Waals surface area contributed by atoms with E-state index in [2.05, 4.69) is 10.6 Å². The molecular weight excluding hydrogens is 224 g/mol. The molecule has 0 aromatic carbocycles. The van der Waals surface area contributed by atoms with Gasteiger partial charge in [-0.3, -0.25) is 4.79 Å². The van der Waals surface area contributed by atoms with Gasteiger partial charge >= 0.3 is 12.0 Å². The molecule has 17 heavy (non-hydrogen) atoms. The molecule has 0 radical (unpaired) electrons. The van der Waals surface area contributed by atoms with Crippen LogP contribution in [0.4, 0.5) is 4.79 Å². The van der Waals surface area contributed by atoms with Crippen molar-refractivity contribution in [1.82, 2.24) is 10.6 Å². The minimum atomic E-state index is -0.797. The van der Waals surface area contributed by atoms with Crippen molar-refractivity contribution in [3.63, 3.8) is 0 Å². The molecule has 0 unspecified atom stereocenters. The van der Waals surface area contributed by atoms with Crippen LogP contribution >= 0.6 is 0 Å². The molecule has 2 amide bonds. The summed E-state index contributed by atoms with van der Waals surface area (Å²) in [5, 5.41) is 14.0. The predicted octanol–water partition coefficient (Wildman–Crippen LogP) is 0.718. The Labute approximate surface area is 101 Å². The van der Waals surface area contributed by atoms with E-state index in [9.17, 15) is 9.59 Å². The summed E-state index contributed by atoms with van der Waals surface area (Å²) in [5.41, 5.74) is 0. The molecule has 1 saturated carbocycles. The van der Waals surface area contributed by atoms with Crippen molar-refractivity contribution in [2.45, 2.75) is 44.2 Å². The molecule has 0 bridgehead atoms. The van der Waals surface area contributed by atoms with Gasteiger partial charge in [0.1, 0.15) is 0 Å². The maximum Gasteiger partial charge on any atom is 0.315 e. The summed E-state index contributed by atoms with van der Waals surface area (Å²) in [6.07, 6.45) is 3.43. The maximum atomic E-state index is 11.4. The molecule has 1 aliphatic carbocycles. The number of methoxy groups -OCH3 is 1. The summed E-state index contributed by atoms with van der Waals surface area (Å²) in [7, 11) is 1.67. The number of amides is 2. The quantitative estimate of drug-likeness (QED) is 0.576. The van der Waals surface area contributed by atoms with Gasteiger partial charge in [-0.25, -0.2) is 4.79 Å². The number of carbonyl (C=O) groups excluding carboxylic acids is 1. The van der Waals surface area contributed by atoms with Crippen LogP contribution in [0.15, 0.2) is 0 Å². The Bertz CT molecular complexity index is 264. The van der Waals surface area contributed by atoms with Crippen molar-refractivity contribution in [3.8, 4) is 0 Å². The van der Waals surface area contributed by atoms with Crippen molar-refractivity contribution in [2.75, 3.05) is 13.7 Å². The first-order valence-electron chi connectivity index (χ1n) is 5.90. The molecule has 1 aliphatic rings. The van der Waals surface area contributed by atoms with Crippen LogP contribution in [0.1, 0.15) is 32.1 Å². The van der Waals surface area contributed by atoms with E-state index < -0.39 is 5.97 Å². The van der Waals surface area contributed by atoms with E-state index in [0.29, 0.717) is 19.4 Å². The van der Waals surface area contributed by atoms with Crippen LogP contribution in [0.3, 0.4) is 0 Å². The summed E-state index contributed by atoms with van der Waals surface area (Å²) < 4.78 is 5.11. The Kier molecular flexibility index (Phi) is 5.76. The summed E-state index contributed by atoms with van der Waals surface area (Å²) >= 11 is 0. The van der Waals surface area contributed by atoms with Crippen molar-refractivity contribution in [1.29, 1.82) is 0 Å². The van der Waals surface area contributed by atoms with Gasteiger partial charge in [0.25, 0.3) is 0 Å². The second kappa shape index (κ2) is 7.11. The van der Waals surface area contributed by atoms with Crippen LogP contribution in [0.5, 0.6) is 0 Å². The number of hydrogen-bond donors (Lipinski definition) is 3. The van der Waals surface area contributed by atoms with Crippen molar-refractivity contribution < 1.29 is 19.4 Å². The maximum absolute atomic E-state index is 11.4. The topological polar surface area (TPSA) is 87.7 Å². The standard InChI is InChI=1S/C11H20N2O4/c1-17-9-6-8(7-9)13-11(16)12-5-3-2-4-10(14)15/h8-9H,2-7H2,1H3,(H,14,15)(H2,12,13,16). The molecule has 0 aromatic rings. The van der Waals surface area contributed by atoms with Gasteiger partial charge < -0.3 is 20.5 Å². The smallest absolute Gasteiger partial charge is 0.315 e. The number of carbonyl (C=O) groups is 2. The van der Waals surface area contributed by atoms with Gasteiger partial charge in [0.15, 0.2) is 0 Å². The zero-order chi connectivity index (χ0) is 12.7. The average Bonchev–Trinajstić information content (AvgIpc) is 2.21. The van der Waals surface area contributed by atoms with Crippen molar-refractivity contribution in [2.24, 2.45) is 0 Å². The summed E-state index contributed by atoms with van der Waals surface area (Å²) in [6, 6.07) is 0.0267. The lowest BCUT2D eigenvalue weighted by molar-refractivity contribution is -0.137. The van der Waals surface area contributed by atoms with Gasteiger partial charge in [0.05, 0.1) is 6.10 Å². The molecule has 0 atom stereocenters. The Morgan fingerprint density at radius 2 is 2.06 bits per heavy atom. The highest BCUT2D eigenvalue weighted by molar-refractivity contribution is 5.74. The van der Waals surface area contributed by atoms with E-state index in [-0.39, 0.29) is 24.6 Å². The molecular formula is C11H20N2O4. The lowest BCUT2D eigenvalue weighted by Gasteiger charge is -2.34. The molecule has 0 saturated heterocycles. The number of carboxylic acid groups (broad SMARTS) is 1. The SMILES string of the molecule is COC1CC(NC(=O)NCCCCC(=O)O)C1. The number of unbranched alkanes of at least 4 members (excludes halogenated alkanes) is 1. The van der Waals surface area contributed by atoms with Gasteiger partial charge in [-0.15, -0.1) is 0 Å². The van der Waals surface area contributed by atoms with Gasteiger partial charge in [-0.2, -0.15) is 0 Å². The molecule has 1 rings (SSSR count). The number of carboxylic acids is 1. The molecule has 0 heterocycles. The third-order valence-corrected chi connectivity index (χ3v) is 2.87. The zero-order valence-corrected chi connectivity index (χ0v) is 10.1. The highest BCUT2D eigenvalue weighted by Gasteiger charge is 2.29. The van der Waals surface area contributed by atoms with Crippen LogP contribution in [0, 0.1) is 0 Å². The van der Waals surface area contributed by atoms with Crippen molar-refractivity contribution in [3.05, 3.63) is 0 Å². The normalized spacial score (nSPS) is 22.6. The molecule has 3 N–H and O–H groups in total. The lowest BCUT2D eigenvalue weighted by atomic mass is 9.89. The molecule has 1 fully saturated rings. The Balaban J connectivity index is 1.93. The lowest BCUT2D eigenvalue weighted by Crippen LogP contribution is -2.50. The number of rotatable bonds is 7. The van der Waals surface area contributed by atoms with Crippen LogP contribution in [0.2, 0.25) is 0 Å². The fourth-order valence-corrected chi connectivity index (χ4v) is 1.72. The molecule has 98 valence electrons. The monoisotopic (exact) mass is 244 g/mol. The summed E-state index contributed by atoms with van der Waals surface area (Å²) in [6.45, 7) is 0.513. The molecule has 0 aliphatic heterocycles. The number of nitrogens with one attached hydrogen (secondary N) is 2. The molecule has 0 spiro atoms. The van der Waals surface area contributed by atoms with E-state index >= 15 is 0 Å². The van der Waals surface area contributed by atoms with Crippen molar-refractivity contribution >= 4 is 12.0 Å². The first-order valence-corrected chi connectivity index (χ1v) is 5.90. The number of aliphatic carboxylic acids is 1. The van der Waals surface area contributed by atoms with Gasteiger partial charge in [0, 0.05) is 26.1 Å². The minimum Gasteiger partial charge on any atom is -0.481 e. The Hall–Kier alpha value is -1.30.